The molecule has 0 aromatic heterocycles. The van der Waals surface area contributed by atoms with Crippen LogP contribution in [0.5, 0.6) is 5.75 Å². The van der Waals surface area contributed by atoms with Gasteiger partial charge in [0.1, 0.15) is 10.1 Å². The third kappa shape index (κ3) is 5.82. The highest BCUT2D eigenvalue weighted by molar-refractivity contribution is 9.10. The Morgan fingerprint density at radius 1 is 1.28 bits per heavy atom. The number of rotatable bonds is 6. The maximum Gasteiger partial charge on any atom is 0.266 e. The summed E-state index contributed by atoms with van der Waals surface area (Å²) in [7, 11) is 0. The summed E-state index contributed by atoms with van der Waals surface area (Å²) in [4.78, 5) is 26.7. The number of aromatic hydroxyl groups is 1. The van der Waals surface area contributed by atoms with Crippen molar-refractivity contribution in [2.24, 2.45) is 0 Å². The maximum atomic E-state index is 12.7. The van der Waals surface area contributed by atoms with E-state index >= 15 is 0 Å². The van der Waals surface area contributed by atoms with Gasteiger partial charge in [-0.15, -0.1) is 0 Å². The van der Waals surface area contributed by atoms with Crippen LogP contribution in [-0.2, 0) is 9.59 Å². The number of nitrogens with one attached hydrogen (secondary N) is 1. The second kappa shape index (κ2) is 9.75. The van der Waals surface area contributed by atoms with Gasteiger partial charge in [0.25, 0.3) is 5.91 Å². The number of amides is 2. The topological polar surface area (TPSA) is 69.6 Å². The summed E-state index contributed by atoms with van der Waals surface area (Å²) in [5.74, 6) is -0.290. The van der Waals surface area contributed by atoms with Gasteiger partial charge in [0.05, 0.1) is 4.91 Å². The lowest BCUT2D eigenvalue weighted by Crippen LogP contribution is -2.29. The number of hydrogen-bond donors (Lipinski definition) is 2. The van der Waals surface area contributed by atoms with Gasteiger partial charge in [0, 0.05) is 33.7 Å². The molecule has 2 N–H and O–H groups in total. The maximum absolute atomic E-state index is 12.7. The van der Waals surface area contributed by atoms with E-state index in [-0.39, 0.29) is 24.0 Å². The molecule has 0 bridgehead atoms. The van der Waals surface area contributed by atoms with Crippen LogP contribution in [0.1, 0.15) is 18.4 Å². The lowest BCUT2D eigenvalue weighted by Gasteiger charge is -2.14. The lowest BCUT2D eigenvalue weighted by atomic mass is 10.2. The number of thiocarbonyl (C=S) groups is 1. The predicted molar refractivity (Wildman–Crippen MR) is 125 cm³/mol. The molecule has 0 atom stereocenters. The fraction of sp³-hybridized carbons (Fsp3) is 0.150. The summed E-state index contributed by atoms with van der Waals surface area (Å²) in [6.45, 7) is 0.348. The number of phenolic OH excluding ortho intramolecular Hbond substituents is 1. The van der Waals surface area contributed by atoms with Crippen molar-refractivity contribution in [3.8, 4) is 5.75 Å². The number of carbonyl (C=O) groups excluding carboxylic acids is 2. The van der Waals surface area contributed by atoms with Gasteiger partial charge in [0.2, 0.25) is 5.91 Å². The van der Waals surface area contributed by atoms with Crippen LogP contribution < -0.4 is 5.32 Å². The highest BCUT2D eigenvalue weighted by Crippen LogP contribution is 2.34. The molecule has 150 valence electrons. The van der Waals surface area contributed by atoms with Gasteiger partial charge in [-0.3, -0.25) is 14.5 Å². The van der Waals surface area contributed by atoms with Gasteiger partial charge in [-0.1, -0.05) is 51.5 Å². The van der Waals surface area contributed by atoms with E-state index in [1.165, 1.54) is 16.7 Å². The van der Waals surface area contributed by atoms with E-state index < -0.39 is 0 Å². The van der Waals surface area contributed by atoms with E-state index in [1.54, 1.807) is 48.5 Å². The minimum Gasteiger partial charge on any atom is -0.507 e. The van der Waals surface area contributed by atoms with Crippen molar-refractivity contribution in [1.29, 1.82) is 0 Å². The van der Waals surface area contributed by atoms with Crippen molar-refractivity contribution in [2.45, 2.75) is 12.8 Å². The number of nitrogens with zero attached hydrogens (tertiary/aromatic N) is 1. The molecular formula is C20H16BrClN2O3S2. The molecule has 1 fully saturated rings. The van der Waals surface area contributed by atoms with Gasteiger partial charge in [-0.25, -0.2) is 0 Å². The highest BCUT2D eigenvalue weighted by atomic mass is 79.9. The van der Waals surface area contributed by atoms with Crippen LogP contribution in [0.15, 0.2) is 51.8 Å². The first-order valence-corrected chi connectivity index (χ1v) is 11.0. The zero-order chi connectivity index (χ0) is 21.0. The van der Waals surface area contributed by atoms with E-state index in [1.807, 2.05) is 0 Å². The number of halogens is 2. The van der Waals surface area contributed by atoms with E-state index in [2.05, 4.69) is 21.2 Å². The van der Waals surface area contributed by atoms with Crippen molar-refractivity contribution < 1.29 is 14.7 Å². The van der Waals surface area contributed by atoms with Crippen molar-refractivity contribution in [2.75, 3.05) is 11.9 Å². The fourth-order valence-electron chi connectivity index (χ4n) is 2.63. The number of hydrogen-bond acceptors (Lipinski definition) is 5. The molecule has 2 amide bonds. The summed E-state index contributed by atoms with van der Waals surface area (Å²) in [5, 5.41) is 13.4. The molecule has 1 heterocycles. The minimum atomic E-state index is -0.225. The zero-order valence-electron chi connectivity index (χ0n) is 15.0. The minimum absolute atomic E-state index is 0.0809. The molecule has 1 aliphatic heterocycles. The molecule has 3 rings (SSSR count). The molecule has 1 saturated heterocycles. The smallest absolute Gasteiger partial charge is 0.266 e. The zero-order valence-corrected chi connectivity index (χ0v) is 19.0. The number of thioether (sulfide) groups is 1. The molecule has 0 aliphatic carbocycles. The Bertz CT molecular complexity index is 996. The van der Waals surface area contributed by atoms with Crippen LogP contribution in [-0.4, -0.2) is 32.7 Å². The molecule has 0 unspecified atom stereocenters. The first kappa shape index (κ1) is 21.8. The standard InChI is InChI=1S/C20H16BrClN2O3S2/c21-13-3-8-16(25)12(10-13)11-17-19(27)24(20(28)29-17)9-1-2-18(26)23-15-6-4-14(22)5-7-15/h3-8,10-11,25H,1-2,9H2,(H,23,26)/b17-11-. The van der Waals surface area contributed by atoms with Crippen LogP contribution in [0.3, 0.4) is 0 Å². The average molecular weight is 512 g/mol. The van der Waals surface area contributed by atoms with E-state index in [9.17, 15) is 14.7 Å². The van der Waals surface area contributed by atoms with Gasteiger partial charge >= 0.3 is 0 Å². The van der Waals surface area contributed by atoms with Crippen LogP contribution in [0.25, 0.3) is 6.08 Å². The predicted octanol–water partition coefficient (Wildman–Crippen LogP) is 5.43. The van der Waals surface area contributed by atoms with Gasteiger partial charge in [-0.05, 0) is 55.0 Å². The molecule has 0 spiro atoms. The summed E-state index contributed by atoms with van der Waals surface area (Å²) in [6, 6.07) is 11.8. The molecule has 29 heavy (non-hydrogen) atoms. The van der Waals surface area contributed by atoms with Crippen molar-refractivity contribution >= 4 is 79.4 Å². The summed E-state index contributed by atoms with van der Waals surface area (Å²) in [6.07, 6.45) is 2.35. The molecule has 9 heteroatoms. The third-order valence-electron chi connectivity index (χ3n) is 4.06. The molecule has 1 aliphatic rings. The molecule has 2 aromatic carbocycles. The van der Waals surface area contributed by atoms with Crippen molar-refractivity contribution in [1.82, 2.24) is 4.90 Å². The summed E-state index contributed by atoms with van der Waals surface area (Å²) >= 11 is 15.7. The highest BCUT2D eigenvalue weighted by Gasteiger charge is 2.31. The van der Waals surface area contributed by atoms with Gasteiger partial charge in [-0.2, -0.15) is 0 Å². The lowest BCUT2D eigenvalue weighted by molar-refractivity contribution is -0.122. The monoisotopic (exact) mass is 510 g/mol. The number of benzene rings is 2. The Hall–Kier alpha value is -1.87. The molecule has 0 saturated carbocycles. The van der Waals surface area contributed by atoms with Crippen molar-refractivity contribution in [3.63, 3.8) is 0 Å². The molecule has 5 nitrogen and oxygen atoms in total. The van der Waals surface area contributed by atoms with Gasteiger partial charge in [0.15, 0.2) is 0 Å². The number of phenols is 1. The second-order valence-electron chi connectivity index (χ2n) is 6.20. The van der Waals surface area contributed by atoms with Crippen LogP contribution >= 0.6 is 51.5 Å². The van der Waals surface area contributed by atoms with Gasteiger partial charge < -0.3 is 10.4 Å². The Morgan fingerprint density at radius 2 is 2.00 bits per heavy atom. The summed E-state index contributed by atoms with van der Waals surface area (Å²) < 4.78 is 1.23. The molecule has 2 aromatic rings. The number of carbonyl (C=O) groups is 2. The van der Waals surface area contributed by atoms with E-state index in [4.69, 9.17) is 23.8 Å². The van der Waals surface area contributed by atoms with E-state index in [0.29, 0.717) is 38.5 Å². The Morgan fingerprint density at radius 3 is 2.72 bits per heavy atom. The first-order valence-electron chi connectivity index (χ1n) is 8.63. The summed E-state index contributed by atoms with van der Waals surface area (Å²) in [5.41, 5.74) is 1.20. The fourth-order valence-corrected chi connectivity index (χ4v) is 4.43. The van der Waals surface area contributed by atoms with Crippen LogP contribution in [0.2, 0.25) is 5.02 Å². The van der Waals surface area contributed by atoms with Crippen LogP contribution in [0, 0.1) is 0 Å². The molecule has 0 radical (unpaired) electrons. The second-order valence-corrected chi connectivity index (χ2v) is 9.22. The normalized spacial score (nSPS) is 15.2. The van der Waals surface area contributed by atoms with Crippen molar-refractivity contribution in [3.05, 3.63) is 62.4 Å². The Balaban J connectivity index is 1.56. The Kier molecular flexibility index (Phi) is 7.34. The van der Waals surface area contributed by atoms with Crippen LogP contribution in [0.4, 0.5) is 5.69 Å². The first-order chi connectivity index (χ1) is 13.8. The quantitative estimate of drug-likeness (QED) is 0.400. The van der Waals surface area contributed by atoms with E-state index in [0.717, 1.165) is 4.47 Å². The number of anilines is 1. The molecular weight excluding hydrogens is 496 g/mol. The largest absolute Gasteiger partial charge is 0.507 e. The SMILES string of the molecule is O=C(CCCN1C(=O)/C(=C/c2cc(Br)ccc2O)SC1=S)Nc1ccc(Cl)cc1. The third-order valence-corrected chi connectivity index (χ3v) is 6.19. The average Bonchev–Trinajstić information content (AvgIpc) is 2.94. The Labute approximate surface area is 191 Å².